The molecule has 102 valence electrons. The van der Waals surface area contributed by atoms with Gasteiger partial charge in [0.1, 0.15) is 11.6 Å². The van der Waals surface area contributed by atoms with Crippen LogP contribution in [0.5, 0.6) is 0 Å². The predicted octanol–water partition coefficient (Wildman–Crippen LogP) is -0.0136. The lowest BCUT2D eigenvalue weighted by atomic mass is 10.1. The molecule has 0 saturated carbocycles. The molecule has 0 aromatic heterocycles. The Morgan fingerprint density at radius 3 is 2.06 bits per heavy atom. The van der Waals surface area contributed by atoms with Gasteiger partial charge in [0.15, 0.2) is 4.90 Å². The molecule has 18 heavy (non-hydrogen) atoms. The third-order valence-electron chi connectivity index (χ3n) is 2.27. The zero-order valence-corrected chi connectivity index (χ0v) is 10.3. The number of halogens is 2. The highest BCUT2D eigenvalue weighted by Gasteiger charge is 2.32. The van der Waals surface area contributed by atoms with Crippen LogP contribution in [-0.2, 0) is 10.0 Å². The van der Waals surface area contributed by atoms with Crippen molar-refractivity contribution in [2.24, 2.45) is 0 Å². The summed E-state index contributed by atoms with van der Waals surface area (Å²) in [6.07, 6.45) is 0. The maximum atomic E-state index is 13.3. The molecule has 0 aliphatic heterocycles. The lowest BCUT2D eigenvalue weighted by molar-refractivity contribution is 0.121. The minimum atomic E-state index is -4.52. The molecule has 0 unspecified atom stereocenters. The van der Waals surface area contributed by atoms with E-state index in [4.69, 9.17) is 10.2 Å². The van der Waals surface area contributed by atoms with Crippen LogP contribution < -0.4 is 4.72 Å². The first-order valence-electron chi connectivity index (χ1n) is 4.95. The number of nitrogens with one attached hydrogen (secondary N) is 1. The van der Waals surface area contributed by atoms with E-state index in [2.05, 4.69) is 0 Å². The fourth-order valence-electron chi connectivity index (χ4n) is 1.23. The van der Waals surface area contributed by atoms with E-state index in [1.807, 2.05) is 4.72 Å². The first-order valence-corrected chi connectivity index (χ1v) is 6.44. The summed E-state index contributed by atoms with van der Waals surface area (Å²) in [5.74, 6) is -2.50. The molecule has 1 aromatic rings. The minimum absolute atomic E-state index is 0.723. The molecule has 5 nitrogen and oxygen atoms in total. The lowest BCUT2D eigenvalue weighted by Crippen LogP contribution is -2.51. The summed E-state index contributed by atoms with van der Waals surface area (Å²) in [4.78, 5) is -1.14. The molecule has 0 atom stereocenters. The summed E-state index contributed by atoms with van der Waals surface area (Å²) in [5, 5.41) is 17.9. The molecule has 1 aromatic carbocycles. The Labute approximate surface area is 103 Å². The summed E-state index contributed by atoms with van der Waals surface area (Å²) < 4.78 is 52.1. The molecule has 8 heteroatoms. The van der Waals surface area contributed by atoms with Gasteiger partial charge in [-0.2, -0.15) is 0 Å². The zero-order valence-electron chi connectivity index (χ0n) is 9.52. The first-order chi connectivity index (χ1) is 8.25. The van der Waals surface area contributed by atoms with Crippen molar-refractivity contribution in [3.05, 3.63) is 29.8 Å². The van der Waals surface area contributed by atoms with Gasteiger partial charge in [-0.3, -0.25) is 0 Å². The zero-order chi connectivity index (χ0) is 14.0. The second-order valence-corrected chi connectivity index (χ2v) is 5.65. The Hall–Kier alpha value is -1.09. The van der Waals surface area contributed by atoms with Gasteiger partial charge in [-0.25, -0.2) is 21.9 Å². The van der Waals surface area contributed by atoms with Gasteiger partial charge in [-0.15, -0.1) is 0 Å². The minimum Gasteiger partial charge on any atom is -0.394 e. The average Bonchev–Trinajstić information content (AvgIpc) is 2.27. The molecule has 0 spiro atoms. The van der Waals surface area contributed by atoms with E-state index in [9.17, 15) is 17.2 Å². The quantitative estimate of drug-likeness (QED) is 0.708. The molecule has 0 radical (unpaired) electrons. The molecule has 3 N–H and O–H groups in total. The standard InChI is InChI=1S/C10H13F2NO4S/c1-10(5-14,6-15)13-18(16,17)9-7(11)3-2-4-8(9)12/h2-4,13-15H,5-6H2,1H3. The molecule has 0 amide bonds. The smallest absolute Gasteiger partial charge is 0.247 e. The molecular formula is C10H13F2NO4S. The Morgan fingerprint density at radius 2 is 1.67 bits per heavy atom. The van der Waals surface area contributed by atoms with Gasteiger partial charge in [0.25, 0.3) is 0 Å². The number of rotatable bonds is 5. The molecular weight excluding hydrogens is 268 g/mol. The van der Waals surface area contributed by atoms with E-state index >= 15 is 0 Å². The average molecular weight is 281 g/mol. The summed E-state index contributed by atoms with van der Waals surface area (Å²) >= 11 is 0. The molecule has 0 saturated heterocycles. The Bertz CT molecular complexity index is 508. The molecule has 1 rings (SSSR count). The van der Waals surface area contributed by atoms with E-state index in [1.54, 1.807) is 0 Å². The van der Waals surface area contributed by atoms with E-state index in [1.165, 1.54) is 6.92 Å². The molecule has 0 bridgehead atoms. The van der Waals surface area contributed by atoms with E-state index in [-0.39, 0.29) is 0 Å². The summed E-state index contributed by atoms with van der Waals surface area (Å²) in [5.41, 5.74) is -1.60. The highest BCUT2D eigenvalue weighted by Crippen LogP contribution is 2.19. The Balaban J connectivity index is 3.23. The van der Waals surface area contributed by atoms with Crippen molar-refractivity contribution in [3.63, 3.8) is 0 Å². The summed E-state index contributed by atoms with van der Waals surface area (Å²) in [6.45, 7) is -0.249. The van der Waals surface area contributed by atoms with Crippen molar-refractivity contribution in [2.75, 3.05) is 13.2 Å². The topological polar surface area (TPSA) is 86.6 Å². The fourth-order valence-corrected chi connectivity index (χ4v) is 2.76. The van der Waals surface area contributed by atoms with Crippen LogP contribution in [0.25, 0.3) is 0 Å². The number of benzene rings is 1. The third-order valence-corrected chi connectivity index (χ3v) is 3.96. The van der Waals surface area contributed by atoms with Crippen LogP contribution in [0, 0.1) is 11.6 Å². The Morgan fingerprint density at radius 1 is 1.22 bits per heavy atom. The maximum Gasteiger partial charge on any atom is 0.247 e. The van der Waals surface area contributed by atoms with Crippen LogP contribution in [0.4, 0.5) is 8.78 Å². The van der Waals surface area contributed by atoms with E-state index in [0.717, 1.165) is 18.2 Å². The summed E-state index contributed by atoms with van der Waals surface area (Å²) in [6, 6.07) is 2.63. The van der Waals surface area contributed by atoms with Crippen molar-refractivity contribution >= 4 is 10.0 Å². The lowest BCUT2D eigenvalue weighted by Gasteiger charge is -2.25. The van der Waals surface area contributed by atoms with E-state index in [0.29, 0.717) is 0 Å². The highest BCUT2D eigenvalue weighted by molar-refractivity contribution is 7.89. The number of hydrogen-bond donors (Lipinski definition) is 3. The largest absolute Gasteiger partial charge is 0.394 e. The van der Waals surface area contributed by atoms with Crippen LogP contribution in [0.3, 0.4) is 0 Å². The normalized spacial score (nSPS) is 12.7. The fraction of sp³-hybridized carbons (Fsp3) is 0.400. The second-order valence-electron chi connectivity index (χ2n) is 4.03. The number of sulfonamides is 1. The van der Waals surface area contributed by atoms with Crippen LogP contribution in [0.15, 0.2) is 23.1 Å². The molecule has 0 fully saturated rings. The van der Waals surface area contributed by atoms with Crippen LogP contribution >= 0.6 is 0 Å². The Kier molecular flexibility index (Phi) is 4.38. The van der Waals surface area contributed by atoms with Crippen molar-refractivity contribution in [2.45, 2.75) is 17.4 Å². The van der Waals surface area contributed by atoms with Crippen LogP contribution in [-0.4, -0.2) is 37.4 Å². The number of hydrogen-bond acceptors (Lipinski definition) is 4. The van der Waals surface area contributed by atoms with Crippen molar-refractivity contribution in [1.82, 2.24) is 4.72 Å². The monoisotopic (exact) mass is 281 g/mol. The highest BCUT2D eigenvalue weighted by atomic mass is 32.2. The van der Waals surface area contributed by atoms with Gasteiger partial charge in [0, 0.05) is 0 Å². The van der Waals surface area contributed by atoms with Crippen molar-refractivity contribution in [1.29, 1.82) is 0 Å². The SMILES string of the molecule is CC(CO)(CO)NS(=O)(=O)c1c(F)cccc1F. The second kappa shape index (κ2) is 5.27. The van der Waals surface area contributed by atoms with Gasteiger partial charge < -0.3 is 10.2 Å². The van der Waals surface area contributed by atoms with Crippen LogP contribution in [0.2, 0.25) is 0 Å². The van der Waals surface area contributed by atoms with Gasteiger partial charge >= 0.3 is 0 Å². The molecule has 0 aliphatic carbocycles. The first kappa shape index (κ1) is 15.0. The van der Waals surface area contributed by atoms with Gasteiger partial charge in [0.05, 0.1) is 18.8 Å². The van der Waals surface area contributed by atoms with Gasteiger partial charge in [-0.05, 0) is 19.1 Å². The molecule has 0 aliphatic rings. The van der Waals surface area contributed by atoms with Gasteiger partial charge in [-0.1, -0.05) is 6.07 Å². The summed E-state index contributed by atoms with van der Waals surface area (Å²) in [7, 11) is -4.52. The van der Waals surface area contributed by atoms with Crippen molar-refractivity contribution in [3.8, 4) is 0 Å². The van der Waals surface area contributed by atoms with Gasteiger partial charge in [0.2, 0.25) is 10.0 Å². The number of aliphatic hydroxyl groups is 2. The van der Waals surface area contributed by atoms with E-state index < -0.39 is 45.3 Å². The van der Waals surface area contributed by atoms with Crippen LogP contribution in [0.1, 0.15) is 6.92 Å². The maximum absolute atomic E-state index is 13.3. The van der Waals surface area contributed by atoms with Crippen molar-refractivity contribution < 1.29 is 27.4 Å². The third kappa shape index (κ3) is 3.02. The molecule has 0 heterocycles. The predicted molar refractivity (Wildman–Crippen MR) is 59.3 cm³/mol. The number of aliphatic hydroxyl groups excluding tert-OH is 2.